The van der Waals surface area contributed by atoms with Crippen molar-refractivity contribution >= 4 is 17.4 Å². The molecule has 86 valence electrons. The van der Waals surface area contributed by atoms with Crippen molar-refractivity contribution in [1.82, 2.24) is 0 Å². The smallest absolute Gasteiger partial charge is 0.159 e. The van der Waals surface area contributed by atoms with Crippen LogP contribution in [0.25, 0.3) is 11.1 Å². The van der Waals surface area contributed by atoms with E-state index in [-0.39, 0.29) is 11.6 Å². The van der Waals surface area contributed by atoms with Crippen molar-refractivity contribution in [2.45, 2.75) is 6.92 Å². The Morgan fingerprint density at radius 3 is 2.65 bits per heavy atom. The van der Waals surface area contributed by atoms with Crippen LogP contribution in [0.4, 0.5) is 4.39 Å². The number of hydrogen-bond donors (Lipinski definition) is 0. The molecule has 2 aromatic rings. The van der Waals surface area contributed by atoms with E-state index < -0.39 is 0 Å². The fraction of sp³-hybridized carbons (Fsp3) is 0.0714. The lowest BCUT2D eigenvalue weighted by Crippen LogP contribution is -1.92. The zero-order valence-corrected chi connectivity index (χ0v) is 9.96. The predicted octanol–water partition coefficient (Wildman–Crippen LogP) is 4.35. The number of halogens is 2. The van der Waals surface area contributed by atoms with Crippen LogP contribution in [0.15, 0.2) is 42.5 Å². The molecule has 0 saturated carbocycles. The van der Waals surface area contributed by atoms with Gasteiger partial charge < -0.3 is 0 Å². The fourth-order valence-electron chi connectivity index (χ4n) is 1.62. The zero-order chi connectivity index (χ0) is 12.4. The number of Topliss-reactive ketones (excluding diaryl/α,β-unsaturated/α-hetero) is 1. The lowest BCUT2D eigenvalue weighted by atomic mass is 10.0. The first-order chi connectivity index (χ1) is 8.08. The number of carbonyl (C=O) groups is 1. The highest BCUT2D eigenvalue weighted by Crippen LogP contribution is 2.29. The maximum absolute atomic E-state index is 13.2. The molecule has 0 amide bonds. The van der Waals surface area contributed by atoms with Crippen LogP contribution in [0.3, 0.4) is 0 Å². The van der Waals surface area contributed by atoms with Gasteiger partial charge in [0.25, 0.3) is 0 Å². The molecule has 17 heavy (non-hydrogen) atoms. The first-order valence-corrected chi connectivity index (χ1v) is 5.52. The Morgan fingerprint density at radius 2 is 1.94 bits per heavy atom. The van der Waals surface area contributed by atoms with E-state index in [1.54, 1.807) is 24.3 Å². The highest BCUT2D eigenvalue weighted by atomic mass is 35.5. The Balaban J connectivity index is 2.56. The normalized spacial score (nSPS) is 10.3. The third kappa shape index (κ3) is 2.53. The Morgan fingerprint density at radius 1 is 1.18 bits per heavy atom. The summed E-state index contributed by atoms with van der Waals surface area (Å²) >= 11 is 6.01. The minimum atomic E-state index is -0.349. The Labute approximate surface area is 104 Å². The molecule has 0 aromatic heterocycles. The highest BCUT2D eigenvalue weighted by molar-refractivity contribution is 6.33. The van der Waals surface area contributed by atoms with E-state index in [0.717, 1.165) is 5.56 Å². The fourth-order valence-corrected chi connectivity index (χ4v) is 1.85. The molecule has 0 radical (unpaired) electrons. The average Bonchev–Trinajstić information content (AvgIpc) is 2.32. The van der Waals surface area contributed by atoms with Gasteiger partial charge in [-0.25, -0.2) is 4.39 Å². The van der Waals surface area contributed by atoms with Gasteiger partial charge in [0.05, 0.1) is 0 Å². The van der Waals surface area contributed by atoms with Crippen LogP contribution in [0.2, 0.25) is 5.02 Å². The monoisotopic (exact) mass is 248 g/mol. The van der Waals surface area contributed by atoms with Crippen molar-refractivity contribution in [3.8, 4) is 11.1 Å². The van der Waals surface area contributed by atoms with Gasteiger partial charge in [0.15, 0.2) is 5.78 Å². The van der Waals surface area contributed by atoms with Gasteiger partial charge in [0.2, 0.25) is 0 Å². The second kappa shape index (κ2) is 4.68. The molecule has 0 aliphatic carbocycles. The molecule has 0 heterocycles. The van der Waals surface area contributed by atoms with E-state index in [9.17, 15) is 9.18 Å². The predicted molar refractivity (Wildman–Crippen MR) is 66.9 cm³/mol. The van der Waals surface area contributed by atoms with E-state index in [1.165, 1.54) is 25.1 Å². The third-order valence-electron chi connectivity index (χ3n) is 2.51. The van der Waals surface area contributed by atoms with Crippen LogP contribution in [-0.2, 0) is 0 Å². The maximum atomic E-state index is 13.2. The van der Waals surface area contributed by atoms with Crippen molar-refractivity contribution in [3.63, 3.8) is 0 Å². The summed E-state index contributed by atoms with van der Waals surface area (Å²) in [4.78, 5) is 11.3. The standard InChI is InChI=1S/C14H10ClFO/c1-9(17)10-3-2-4-11(7-10)13-8-12(16)5-6-14(13)15/h2-8H,1H3. The minimum Gasteiger partial charge on any atom is -0.295 e. The highest BCUT2D eigenvalue weighted by Gasteiger charge is 2.07. The van der Waals surface area contributed by atoms with Gasteiger partial charge in [0, 0.05) is 16.1 Å². The molecule has 0 unspecified atom stereocenters. The van der Waals surface area contributed by atoms with Crippen LogP contribution in [0, 0.1) is 5.82 Å². The molecule has 0 spiro atoms. The summed E-state index contributed by atoms with van der Waals surface area (Å²) in [7, 11) is 0. The molecular formula is C14H10ClFO. The third-order valence-corrected chi connectivity index (χ3v) is 2.84. The van der Waals surface area contributed by atoms with Crippen molar-refractivity contribution in [2.24, 2.45) is 0 Å². The summed E-state index contributed by atoms with van der Waals surface area (Å²) in [6.07, 6.45) is 0. The van der Waals surface area contributed by atoms with Gasteiger partial charge >= 0.3 is 0 Å². The molecule has 2 rings (SSSR count). The summed E-state index contributed by atoms with van der Waals surface area (Å²) in [6, 6.07) is 11.2. The zero-order valence-electron chi connectivity index (χ0n) is 9.21. The van der Waals surface area contributed by atoms with Gasteiger partial charge in [-0.1, -0.05) is 29.8 Å². The van der Waals surface area contributed by atoms with Crippen LogP contribution in [0.5, 0.6) is 0 Å². The lowest BCUT2D eigenvalue weighted by molar-refractivity contribution is 0.101. The molecule has 0 aliphatic rings. The van der Waals surface area contributed by atoms with E-state index in [1.807, 2.05) is 0 Å². The molecule has 1 nitrogen and oxygen atoms in total. The van der Waals surface area contributed by atoms with E-state index in [0.29, 0.717) is 16.1 Å². The molecular weight excluding hydrogens is 239 g/mol. The SMILES string of the molecule is CC(=O)c1cccc(-c2cc(F)ccc2Cl)c1. The first kappa shape index (κ1) is 11.8. The van der Waals surface area contributed by atoms with Gasteiger partial charge in [-0.3, -0.25) is 4.79 Å². The number of hydrogen-bond acceptors (Lipinski definition) is 1. The lowest BCUT2D eigenvalue weighted by Gasteiger charge is -2.06. The molecule has 0 aliphatic heterocycles. The van der Waals surface area contributed by atoms with Crippen LogP contribution in [-0.4, -0.2) is 5.78 Å². The summed E-state index contributed by atoms with van der Waals surface area (Å²) in [5, 5.41) is 0.465. The Kier molecular flexibility index (Phi) is 3.25. The van der Waals surface area contributed by atoms with E-state index >= 15 is 0 Å². The van der Waals surface area contributed by atoms with Crippen molar-refractivity contribution in [3.05, 3.63) is 58.9 Å². The van der Waals surface area contributed by atoms with E-state index in [4.69, 9.17) is 11.6 Å². The number of rotatable bonds is 2. The second-order valence-electron chi connectivity index (χ2n) is 3.76. The molecule has 0 fully saturated rings. The number of carbonyl (C=O) groups excluding carboxylic acids is 1. The molecule has 0 bridgehead atoms. The summed E-state index contributed by atoms with van der Waals surface area (Å²) in [5.41, 5.74) is 1.92. The Hall–Kier alpha value is -1.67. The van der Waals surface area contributed by atoms with E-state index in [2.05, 4.69) is 0 Å². The van der Waals surface area contributed by atoms with Gasteiger partial charge in [0.1, 0.15) is 5.82 Å². The number of ketones is 1. The van der Waals surface area contributed by atoms with Crippen LogP contribution >= 0.6 is 11.6 Å². The molecule has 0 saturated heterocycles. The largest absolute Gasteiger partial charge is 0.295 e. The maximum Gasteiger partial charge on any atom is 0.159 e. The van der Waals surface area contributed by atoms with Gasteiger partial charge in [-0.15, -0.1) is 0 Å². The second-order valence-corrected chi connectivity index (χ2v) is 4.17. The summed E-state index contributed by atoms with van der Waals surface area (Å²) < 4.78 is 13.2. The van der Waals surface area contributed by atoms with Crippen molar-refractivity contribution < 1.29 is 9.18 Å². The molecule has 2 aromatic carbocycles. The van der Waals surface area contributed by atoms with Crippen molar-refractivity contribution in [2.75, 3.05) is 0 Å². The van der Waals surface area contributed by atoms with Crippen LogP contribution < -0.4 is 0 Å². The summed E-state index contributed by atoms with van der Waals surface area (Å²) in [5.74, 6) is -0.378. The average molecular weight is 249 g/mol. The summed E-state index contributed by atoms with van der Waals surface area (Å²) in [6.45, 7) is 1.49. The first-order valence-electron chi connectivity index (χ1n) is 5.14. The topological polar surface area (TPSA) is 17.1 Å². The molecule has 0 N–H and O–H groups in total. The quantitative estimate of drug-likeness (QED) is 0.722. The van der Waals surface area contributed by atoms with Crippen molar-refractivity contribution in [1.29, 1.82) is 0 Å². The Bertz CT molecular complexity index is 578. The molecule has 3 heteroatoms. The molecule has 0 atom stereocenters. The van der Waals surface area contributed by atoms with Gasteiger partial charge in [-0.05, 0) is 36.8 Å². The van der Waals surface area contributed by atoms with Gasteiger partial charge in [-0.2, -0.15) is 0 Å². The number of benzene rings is 2. The minimum absolute atomic E-state index is 0.0284. The van der Waals surface area contributed by atoms with Crippen LogP contribution in [0.1, 0.15) is 17.3 Å².